The minimum absolute atomic E-state index is 0.000463. The average molecular weight is 323 g/mol. The van der Waals surface area contributed by atoms with E-state index in [2.05, 4.69) is 5.16 Å². The van der Waals surface area contributed by atoms with Crippen LogP contribution in [0.1, 0.15) is 5.56 Å². The molecule has 3 aromatic rings. The summed E-state index contributed by atoms with van der Waals surface area (Å²) >= 11 is 0. The maximum absolute atomic E-state index is 13.9. The summed E-state index contributed by atoms with van der Waals surface area (Å²) in [4.78, 5) is 0. The minimum atomic E-state index is -0.842. The molecule has 0 saturated carbocycles. The Balaban J connectivity index is 2.19. The van der Waals surface area contributed by atoms with Crippen LogP contribution in [0.3, 0.4) is 0 Å². The summed E-state index contributed by atoms with van der Waals surface area (Å²) in [5, 5.41) is 13.1. The average Bonchev–Trinajstić information content (AvgIpc) is 2.92. The van der Waals surface area contributed by atoms with Crippen molar-refractivity contribution in [3.63, 3.8) is 0 Å². The molecule has 0 radical (unpaired) electrons. The Morgan fingerprint density at radius 1 is 0.913 bits per heavy atom. The van der Waals surface area contributed by atoms with Gasteiger partial charge in [0.15, 0.2) is 5.76 Å². The van der Waals surface area contributed by atoms with Gasteiger partial charge in [-0.25, -0.2) is 17.6 Å². The molecule has 0 fully saturated rings. The van der Waals surface area contributed by atoms with E-state index in [0.29, 0.717) is 6.07 Å². The van der Waals surface area contributed by atoms with Gasteiger partial charge in [-0.05, 0) is 30.3 Å². The molecule has 0 aliphatic rings. The Morgan fingerprint density at radius 2 is 1.61 bits per heavy atom. The molecule has 0 bridgehead atoms. The Bertz CT molecular complexity index is 856. The van der Waals surface area contributed by atoms with E-state index < -0.39 is 29.9 Å². The van der Waals surface area contributed by atoms with Crippen molar-refractivity contribution in [2.24, 2.45) is 0 Å². The molecule has 118 valence electrons. The SMILES string of the molecule is OCc1c(-c2cc(F)cc(F)c2)noc1-c1cc(F)ccc1F. The zero-order chi connectivity index (χ0) is 16.6. The van der Waals surface area contributed by atoms with Crippen LogP contribution in [0.4, 0.5) is 17.6 Å². The van der Waals surface area contributed by atoms with Gasteiger partial charge in [-0.1, -0.05) is 5.16 Å². The van der Waals surface area contributed by atoms with Gasteiger partial charge in [0.2, 0.25) is 0 Å². The third-order valence-corrected chi connectivity index (χ3v) is 3.26. The predicted octanol–water partition coefficient (Wildman–Crippen LogP) is 4.06. The molecule has 3 rings (SSSR count). The van der Waals surface area contributed by atoms with Crippen molar-refractivity contribution < 1.29 is 27.2 Å². The summed E-state index contributed by atoms with van der Waals surface area (Å²) in [7, 11) is 0. The highest BCUT2D eigenvalue weighted by Gasteiger charge is 2.22. The van der Waals surface area contributed by atoms with Crippen LogP contribution in [-0.4, -0.2) is 10.3 Å². The Hall–Kier alpha value is -2.67. The lowest BCUT2D eigenvalue weighted by atomic mass is 10.0. The van der Waals surface area contributed by atoms with Crippen molar-refractivity contribution in [3.05, 3.63) is 65.2 Å². The summed E-state index contributed by atoms with van der Waals surface area (Å²) in [6.45, 7) is -0.637. The van der Waals surface area contributed by atoms with Gasteiger partial charge < -0.3 is 9.63 Å². The van der Waals surface area contributed by atoms with Gasteiger partial charge in [-0.15, -0.1) is 0 Å². The van der Waals surface area contributed by atoms with Crippen molar-refractivity contribution in [3.8, 4) is 22.6 Å². The second-order valence-electron chi connectivity index (χ2n) is 4.78. The number of hydrogen-bond donors (Lipinski definition) is 1. The maximum atomic E-state index is 13.9. The second-order valence-corrected chi connectivity index (χ2v) is 4.78. The molecule has 23 heavy (non-hydrogen) atoms. The number of hydrogen-bond acceptors (Lipinski definition) is 3. The molecule has 0 saturated heterocycles. The molecule has 1 N–H and O–H groups in total. The Kier molecular flexibility index (Phi) is 3.87. The third-order valence-electron chi connectivity index (χ3n) is 3.26. The standard InChI is InChI=1S/C16H9F4NO2/c17-9-1-2-14(20)12(6-9)16-13(7-22)15(21-23-16)8-3-10(18)5-11(19)4-8/h1-6,22H,7H2. The van der Waals surface area contributed by atoms with Gasteiger partial charge in [-0.3, -0.25) is 0 Å². The molecule has 0 spiro atoms. The van der Waals surface area contributed by atoms with Crippen LogP contribution in [0.2, 0.25) is 0 Å². The maximum Gasteiger partial charge on any atom is 0.176 e. The van der Waals surface area contributed by atoms with E-state index in [1.165, 1.54) is 0 Å². The van der Waals surface area contributed by atoms with Gasteiger partial charge in [-0.2, -0.15) is 0 Å². The molecule has 7 heteroatoms. The number of benzene rings is 2. The van der Waals surface area contributed by atoms with Crippen molar-refractivity contribution in [2.45, 2.75) is 6.61 Å². The zero-order valence-electron chi connectivity index (χ0n) is 11.5. The van der Waals surface area contributed by atoms with Gasteiger partial charge in [0.25, 0.3) is 0 Å². The monoisotopic (exact) mass is 323 g/mol. The smallest absolute Gasteiger partial charge is 0.176 e. The van der Waals surface area contributed by atoms with E-state index in [-0.39, 0.29) is 28.1 Å². The lowest BCUT2D eigenvalue weighted by Gasteiger charge is -2.03. The number of rotatable bonds is 3. The first-order valence-corrected chi connectivity index (χ1v) is 6.51. The van der Waals surface area contributed by atoms with Crippen LogP contribution >= 0.6 is 0 Å². The van der Waals surface area contributed by atoms with Crippen molar-refractivity contribution in [2.75, 3.05) is 0 Å². The van der Waals surface area contributed by atoms with Crippen molar-refractivity contribution >= 4 is 0 Å². The Morgan fingerprint density at radius 3 is 2.26 bits per heavy atom. The van der Waals surface area contributed by atoms with E-state index in [1.54, 1.807) is 0 Å². The lowest BCUT2D eigenvalue weighted by Crippen LogP contribution is -1.93. The fourth-order valence-electron chi connectivity index (χ4n) is 2.26. The number of nitrogens with zero attached hydrogens (tertiary/aromatic N) is 1. The fourth-order valence-corrected chi connectivity index (χ4v) is 2.26. The fraction of sp³-hybridized carbons (Fsp3) is 0.0625. The van der Waals surface area contributed by atoms with E-state index in [1.807, 2.05) is 0 Å². The topological polar surface area (TPSA) is 46.3 Å². The zero-order valence-corrected chi connectivity index (χ0v) is 11.5. The second kappa shape index (κ2) is 5.85. The highest BCUT2D eigenvalue weighted by atomic mass is 19.1. The summed E-state index contributed by atoms with van der Waals surface area (Å²) in [5.41, 5.74) is -0.285. The molecule has 0 unspecified atom stereocenters. The van der Waals surface area contributed by atoms with E-state index in [9.17, 15) is 22.7 Å². The van der Waals surface area contributed by atoms with Crippen molar-refractivity contribution in [1.29, 1.82) is 0 Å². The molecule has 3 nitrogen and oxygen atoms in total. The van der Waals surface area contributed by atoms with Gasteiger partial charge in [0.05, 0.1) is 17.7 Å². The summed E-state index contributed by atoms with van der Waals surface area (Å²) in [5.74, 6) is -3.38. The minimum Gasteiger partial charge on any atom is -0.391 e. The molecule has 0 aliphatic heterocycles. The molecule has 1 heterocycles. The highest BCUT2D eigenvalue weighted by molar-refractivity contribution is 5.72. The molecular formula is C16H9F4NO2. The van der Waals surface area contributed by atoms with Crippen LogP contribution in [0.5, 0.6) is 0 Å². The normalized spacial score (nSPS) is 11.0. The lowest BCUT2D eigenvalue weighted by molar-refractivity contribution is 0.281. The van der Waals surface area contributed by atoms with Gasteiger partial charge in [0.1, 0.15) is 29.0 Å². The molecule has 0 aliphatic carbocycles. The van der Waals surface area contributed by atoms with E-state index >= 15 is 0 Å². The molecule has 0 atom stereocenters. The number of aliphatic hydroxyl groups excluding tert-OH is 1. The molecule has 2 aromatic carbocycles. The first kappa shape index (κ1) is 15.2. The first-order valence-electron chi connectivity index (χ1n) is 6.51. The number of aromatic nitrogens is 1. The Labute approximate surface area is 127 Å². The van der Waals surface area contributed by atoms with E-state index in [4.69, 9.17) is 4.52 Å². The third kappa shape index (κ3) is 2.83. The van der Waals surface area contributed by atoms with Crippen LogP contribution in [-0.2, 0) is 6.61 Å². The van der Waals surface area contributed by atoms with Crippen LogP contribution < -0.4 is 0 Å². The van der Waals surface area contributed by atoms with Gasteiger partial charge in [0, 0.05) is 11.6 Å². The predicted molar refractivity (Wildman–Crippen MR) is 73.1 cm³/mol. The van der Waals surface area contributed by atoms with Crippen molar-refractivity contribution in [1.82, 2.24) is 5.16 Å². The number of aliphatic hydroxyl groups is 1. The van der Waals surface area contributed by atoms with Crippen LogP contribution in [0.15, 0.2) is 40.9 Å². The largest absolute Gasteiger partial charge is 0.391 e. The summed E-state index contributed by atoms with van der Waals surface area (Å²) in [6.07, 6.45) is 0. The quantitative estimate of drug-likeness (QED) is 0.740. The van der Waals surface area contributed by atoms with Crippen LogP contribution in [0, 0.1) is 23.3 Å². The van der Waals surface area contributed by atoms with E-state index in [0.717, 1.165) is 30.3 Å². The summed E-state index contributed by atoms with van der Waals surface area (Å²) < 4.78 is 58.8. The first-order chi connectivity index (χ1) is 11.0. The van der Waals surface area contributed by atoms with Gasteiger partial charge >= 0.3 is 0 Å². The number of halogens is 4. The van der Waals surface area contributed by atoms with Crippen LogP contribution in [0.25, 0.3) is 22.6 Å². The molecule has 0 amide bonds. The molecular weight excluding hydrogens is 314 g/mol. The summed E-state index contributed by atoms with van der Waals surface area (Å²) in [6, 6.07) is 5.37. The molecule has 1 aromatic heterocycles. The highest BCUT2D eigenvalue weighted by Crippen LogP contribution is 2.34.